The fourth-order valence-electron chi connectivity index (χ4n) is 5.94. The topological polar surface area (TPSA) is 40.5 Å². The molecule has 2 N–H and O–H groups in total. The minimum Gasteiger partial charge on any atom is -0.396 e. The SMILES string of the molecule is C.CC.CC.CC.CC.CC1(C)CCCCC1.CC1(CO)CCCCC1.CC1(CO)CCCCC1.CC1CCCCC1. The number of aliphatic hydroxyl groups is 2. The van der Waals surface area contributed by atoms with Gasteiger partial charge in [-0.05, 0) is 60.7 Å². The predicted molar refractivity (Wildman–Crippen MR) is 198 cm³/mol. The third-order valence-electron chi connectivity index (χ3n) is 8.99. The molecule has 0 heterocycles. The van der Waals surface area contributed by atoms with Gasteiger partial charge in [-0.25, -0.2) is 0 Å². The normalized spacial score (nSPS) is 21.2. The lowest BCUT2D eigenvalue weighted by Crippen LogP contribution is -2.23. The molecule has 0 unspecified atom stereocenters. The lowest BCUT2D eigenvalue weighted by atomic mass is 9.76. The van der Waals surface area contributed by atoms with E-state index in [1.165, 1.54) is 128 Å². The van der Waals surface area contributed by atoms with E-state index in [2.05, 4.69) is 34.6 Å². The van der Waals surface area contributed by atoms with Crippen molar-refractivity contribution in [2.75, 3.05) is 13.2 Å². The third-order valence-corrected chi connectivity index (χ3v) is 8.99. The summed E-state index contributed by atoms with van der Waals surface area (Å²) in [5.41, 5.74) is 1.23. The smallest absolute Gasteiger partial charge is 0.0484 e. The highest BCUT2D eigenvalue weighted by Gasteiger charge is 2.26. The number of aliphatic hydroxyl groups excluding tert-OH is 2. The van der Waals surface area contributed by atoms with Crippen LogP contribution in [0, 0.1) is 22.2 Å². The summed E-state index contributed by atoms with van der Waals surface area (Å²) >= 11 is 0. The van der Waals surface area contributed by atoms with Crippen molar-refractivity contribution < 1.29 is 10.2 Å². The lowest BCUT2D eigenvalue weighted by Gasteiger charge is -2.31. The van der Waals surface area contributed by atoms with E-state index in [-0.39, 0.29) is 18.3 Å². The van der Waals surface area contributed by atoms with Crippen molar-refractivity contribution in [3.8, 4) is 0 Å². The molecule has 4 saturated carbocycles. The largest absolute Gasteiger partial charge is 0.396 e. The van der Waals surface area contributed by atoms with Crippen LogP contribution in [0.4, 0.5) is 0 Å². The van der Waals surface area contributed by atoms with E-state index in [4.69, 9.17) is 10.2 Å². The van der Waals surface area contributed by atoms with Crippen LogP contribution in [0.25, 0.3) is 0 Å². The van der Waals surface area contributed by atoms with Gasteiger partial charge in [0.05, 0.1) is 0 Å². The molecule has 42 heavy (non-hydrogen) atoms. The van der Waals surface area contributed by atoms with Crippen molar-refractivity contribution in [3.63, 3.8) is 0 Å². The summed E-state index contributed by atoms with van der Waals surface area (Å²) in [6.45, 7) is 28.3. The summed E-state index contributed by atoms with van der Waals surface area (Å²) in [7, 11) is 0. The summed E-state index contributed by atoms with van der Waals surface area (Å²) in [6, 6.07) is 0. The molecule has 0 aromatic heterocycles. The van der Waals surface area contributed by atoms with E-state index in [1.54, 1.807) is 0 Å². The summed E-state index contributed by atoms with van der Waals surface area (Å²) in [5.74, 6) is 1.04. The molecule has 0 saturated heterocycles. The molecule has 4 fully saturated rings. The Morgan fingerprint density at radius 1 is 0.429 bits per heavy atom. The molecule has 4 aliphatic rings. The number of hydrogen-bond donors (Lipinski definition) is 2. The first kappa shape index (κ1) is 51.5. The first-order chi connectivity index (χ1) is 19.6. The highest BCUT2D eigenvalue weighted by atomic mass is 16.3. The minimum absolute atomic E-state index is 0. The van der Waals surface area contributed by atoms with Gasteiger partial charge in [0.2, 0.25) is 0 Å². The maximum Gasteiger partial charge on any atom is 0.0484 e. The van der Waals surface area contributed by atoms with Gasteiger partial charge < -0.3 is 10.2 Å². The molecule has 4 aliphatic carbocycles. The van der Waals surface area contributed by atoms with Gasteiger partial charge in [-0.2, -0.15) is 0 Å². The van der Waals surface area contributed by atoms with Crippen molar-refractivity contribution in [2.45, 2.75) is 226 Å². The van der Waals surface area contributed by atoms with Crippen molar-refractivity contribution in [1.82, 2.24) is 0 Å². The first-order valence-corrected chi connectivity index (χ1v) is 18.9. The molecule has 2 nitrogen and oxygen atoms in total. The monoisotopic (exact) mass is 603 g/mol. The standard InChI is InChI=1S/2C8H16O.C8H16.C7H14.4C2H6.CH4/c2*1-8(7-9)5-3-2-4-6-8;1-8(2)6-4-3-5-7-8;1-7-5-3-2-4-6-7;4*1-2;/h2*9H,2-7H2,1H3;3-7H2,1-2H3;7H,2-6H2,1H3;4*1-2H3;1H4. The summed E-state index contributed by atoms with van der Waals surface area (Å²) in [6.07, 6.45) is 27.7. The maximum absolute atomic E-state index is 8.95. The average Bonchev–Trinajstić information content (AvgIpc) is 3.03. The zero-order valence-corrected chi connectivity index (χ0v) is 31.5. The van der Waals surface area contributed by atoms with Gasteiger partial charge in [0, 0.05) is 13.2 Å². The van der Waals surface area contributed by atoms with Crippen molar-refractivity contribution in [1.29, 1.82) is 0 Å². The molecule has 262 valence electrons. The average molecular weight is 603 g/mol. The fraction of sp³-hybridized carbons (Fsp3) is 1.00. The van der Waals surface area contributed by atoms with E-state index in [1.807, 2.05) is 55.4 Å². The molecular formula is C40H90O2. The molecular weight excluding hydrogens is 512 g/mol. The van der Waals surface area contributed by atoms with Gasteiger partial charge in [0.25, 0.3) is 0 Å². The summed E-state index contributed by atoms with van der Waals surface area (Å²) < 4.78 is 0. The van der Waals surface area contributed by atoms with Crippen LogP contribution in [-0.4, -0.2) is 23.4 Å². The van der Waals surface area contributed by atoms with Crippen LogP contribution >= 0.6 is 0 Å². The number of hydrogen-bond acceptors (Lipinski definition) is 2. The summed E-state index contributed by atoms with van der Waals surface area (Å²) in [4.78, 5) is 0. The van der Waals surface area contributed by atoms with Crippen LogP contribution in [0.15, 0.2) is 0 Å². The third kappa shape index (κ3) is 31.3. The molecule has 0 amide bonds. The minimum atomic E-state index is 0. The molecule has 0 aromatic carbocycles. The Morgan fingerprint density at radius 3 is 0.810 bits per heavy atom. The number of rotatable bonds is 2. The molecule has 0 spiro atoms. The highest BCUT2D eigenvalue weighted by molar-refractivity contribution is 4.77. The zero-order chi connectivity index (χ0) is 32.6. The van der Waals surface area contributed by atoms with Crippen LogP contribution in [0.5, 0.6) is 0 Å². The molecule has 0 bridgehead atoms. The Labute approximate surface area is 271 Å². The van der Waals surface area contributed by atoms with E-state index < -0.39 is 0 Å². The molecule has 2 heteroatoms. The van der Waals surface area contributed by atoms with E-state index in [0.717, 1.165) is 5.92 Å². The van der Waals surface area contributed by atoms with Crippen LogP contribution in [0.3, 0.4) is 0 Å². The van der Waals surface area contributed by atoms with Crippen LogP contribution in [0.2, 0.25) is 0 Å². The van der Waals surface area contributed by atoms with Gasteiger partial charge in [-0.3, -0.25) is 0 Å². The van der Waals surface area contributed by atoms with E-state index >= 15 is 0 Å². The van der Waals surface area contributed by atoms with E-state index in [0.29, 0.717) is 18.6 Å². The molecule has 0 atom stereocenters. The Morgan fingerprint density at radius 2 is 0.667 bits per heavy atom. The second-order valence-electron chi connectivity index (χ2n) is 13.5. The van der Waals surface area contributed by atoms with Crippen molar-refractivity contribution in [3.05, 3.63) is 0 Å². The van der Waals surface area contributed by atoms with Gasteiger partial charge in [-0.1, -0.05) is 187 Å². The predicted octanol–water partition coefficient (Wildman–Crippen LogP) is 14.2. The van der Waals surface area contributed by atoms with Gasteiger partial charge in [0.1, 0.15) is 0 Å². The lowest BCUT2D eigenvalue weighted by molar-refractivity contribution is 0.100. The molecule has 0 radical (unpaired) electrons. The van der Waals surface area contributed by atoms with Crippen molar-refractivity contribution >= 4 is 0 Å². The Bertz CT molecular complexity index is 420. The van der Waals surface area contributed by atoms with Crippen LogP contribution in [-0.2, 0) is 0 Å². The Kier molecular flexibility index (Phi) is 43.4. The van der Waals surface area contributed by atoms with Gasteiger partial charge >= 0.3 is 0 Å². The second-order valence-corrected chi connectivity index (χ2v) is 13.5. The van der Waals surface area contributed by atoms with Gasteiger partial charge in [0.15, 0.2) is 0 Å². The second kappa shape index (κ2) is 35.4. The highest BCUT2D eigenvalue weighted by Crippen LogP contribution is 2.36. The van der Waals surface area contributed by atoms with Crippen molar-refractivity contribution in [2.24, 2.45) is 22.2 Å². The van der Waals surface area contributed by atoms with Crippen LogP contribution in [0.1, 0.15) is 226 Å². The fourth-order valence-corrected chi connectivity index (χ4v) is 5.94. The summed E-state index contributed by atoms with van der Waals surface area (Å²) in [5, 5.41) is 17.9. The molecule has 0 aromatic rings. The Hall–Kier alpha value is -0.0800. The quantitative estimate of drug-likeness (QED) is 0.330. The zero-order valence-electron chi connectivity index (χ0n) is 31.5. The molecule has 4 rings (SSSR count). The van der Waals surface area contributed by atoms with E-state index in [9.17, 15) is 0 Å². The van der Waals surface area contributed by atoms with Gasteiger partial charge in [-0.15, -0.1) is 0 Å². The van der Waals surface area contributed by atoms with Crippen LogP contribution < -0.4 is 0 Å². The first-order valence-electron chi connectivity index (χ1n) is 18.9. The molecule has 0 aliphatic heterocycles. The maximum atomic E-state index is 8.95. The Balaban J connectivity index is -0.000000133.